The van der Waals surface area contributed by atoms with Gasteiger partial charge in [-0.2, -0.15) is 0 Å². The molecule has 0 saturated carbocycles. The molecule has 0 radical (unpaired) electrons. The highest BCUT2D eigenvalue weighted by Crippen LogP contribution is 2.43. The Morgan fingerprint density at radius 1 is 1.18 bits per heavy atom. The predicted molar refractivity (Wildman–Crippen MR) is 118 cm³/mol. The largest absolute Gasteiger partial charge is 0.326 e. The van der Waals surface area contributed by atoms with Crippen LogP contribution in [0.1, 0.15) is 50.6 Å². The van der Waals surface area contributed by atoms with Gasteiger partial charge in [-0.05, 0) is 35.7 Å². The SMILES string of the molecule is CCCc1ccccc1N1C(=O)CS[C@H]1c1cccc(NC(=O)C(C)(C)C)c1. The molecule has 1 atom stereocenters. The van der Waals surface area contributed by atoms with Gasteiger partial charge < -0.3 is 5.32 Å². The van der Waals surface area contributed by atoms with Crippen LogP contribution >= 0.6 is 11.8 Å². The topological polar surface area (TPSA) is 49.4 Å². The summed E-state index contributed by atoms with van der Waals surface area (Å²) in [7, 11) is 0. The van der Waals surface area contributed by atoms with E-state index in [1.165, 1.54) is 5.56 Å². The van der Waals surface area contributed by atoms with Crippen LogP contribution in [0, 0.1) is 5.41 Å². The molecule has 2 aromatic carbocycles. The first-order chi connectivity index (χ1) is 13.3. The summed E-state index contributed by atoms with van der Waals surface area (Å²) in [6.45, 7) is 7.83. The molecule has 148 valence electrons. The van der Waals surface area contributed by atoms with E-state index in [1.807, 2.05) is 68.1 Å². The fourth-order valence-electron chi connectivity index (χ4n) is 3.25. The lowest BCUT2D eigenvalue weighted by molar-refractivity contribution is -0.123. The second-order valence-corrected chi connectivity index (χ2v) is 9.20. The van der Waals surface area contributed by atoms with Crippen molar-refractivity contribution in [3.05, 3.63) is 59.7 Å². The van der Waals surface area contributed by atoms with Crippen LogP contribution in [0.3, 0.4) is 0 Å². The molecule has 4 nitrogen and oxygen atoms in total. The fraction of sp³-hybridized carbons (Fsp3) is 0.391. The molecule has 5 heteroatoms. The molecule has 28 heavy (non-hydrogen) atoms. The molecule has 1 aliphatic rings. The lowest BCUT2D eigenvalue weighted by Gasteiger charge is -2.27. The summed E-state index contributed by atoms with van der Waals surface area (Å²) in [4.78, 5) is 27.0. The van der Waals surface area contributed by atoms with Gasteiger partial charge in [0.25, 0.3) is 0 Å². The minimum Gasteiger partial charge on any atom is -0.326 e. The second kappa shape index (κ2) is 8.39. The number of benzene rings is 2. The van der Waals surface area contributed by atoms with E-state index in [0.717, 1.165) is 29.8 Å². The smallest absolute Gasteiger partial charge is 0.238 e. The van der Waals surface area contributed by atoms with E-state index in [2.05, 4.69) is 18.3 Å². The third-order valence-electron chi connectivity index (χ3n) is 4.75. The molecule has 0 aromatic heterocycles. The molecule has 0 unspecified atom stereocenters. The summed E-state index contributed by atoms with van der Waals surface area (Å²) >= 11 is 1.63. The minimum absolute atomic E-state index is 0.0232. The summed E-state index contributed by atoms with van der Waals surface area (Å²) < 4.78 is 0. The Morgan fingerprint density at radius 3 is 2.64 bits per heavy atom. The third kappa shape index (κ3) is 4.41. The van der Waals surface area contributed by atoms with Crippen molar-refractivity contribution in [3.63, 3.8) is 0 Å². The number of hydrogen-bond acceptors (Lipinski definition) is 3. The molecule has 2 aromatic rings. The van der Waals surface area contributed by atoms with Crippen LogP contribution in [0.5, 0.6) is 0 Å². The van der Waals surface area contributed by atoms with Gasteiger partial charge in [-0.25, -0.2) is 0 Å². The molecule has 1 fully saturated rings. The van der Waals surface area contributed by atoms with Gasteiger partial charge in [0.15, 0.2) is 0 Å². The number of carbonyl (C=O) groups excluding carboxylic acids is 2. The average molecular weight is 397 g/mol. The summed E-state index contributed by atoms with van der Waals surface area (Å²) in [5, 5.41) is 2.91. The Morgan fingerprint density at radius 2 is 1.93 bits per heavy atom. The molecule has 0 spiro atoms. The number of amides is 2. The Bertz CT molecular complexity index is 873. The summed E-state index contributed by atoms with van der Waals surface area (Å²) in [5.74, 6) is 0.566. The first-order valence-corrected chi connectivity index (χ1v) is 10.8. The van der Waals surface area contributed by atoms with Gasteiger partial charge in [0.1, 0.15) is 5.37 Å². The van der Waals surface area contributed by atoms with E-state index in [1.54, 1.807) is 11.8 Å². The average Bonchev–Trinajstić information content (AvgIpc) is 3.03. The normalized spacial score (nSPS) is 17.1. The Balaban J connectivity index is 1.92. The van der Waals surface area contributed by atoms with Crippen LogP contribution in [-0.4, -0.2) is 17.6 Å². The molecule has 0 bridgehead atoms. The van der Waals surface area contributed by atoms with Crippen molar-refractivity contribution < 1.29 is 9.59 Å². The zero-order chi connectivity index (χ0) is 20.3. The maximum atomic E-state index is 12.7. The van der Waals surface area contributed by atoms with Gasteiger partial charge in [0.05, 0.1) is 5.75 Å². The van der Waals surface area contributed by atoms with Crippen LogP contribution < -0.4 is 10.2 Å². The zero-order valence-corrected chi connectivity index (χ0v) is 17.8. The zero-order valence-electron chi connectivity index (χ0n) is 17.0. The maximum Gasteiger partial charge on any atom is 0.238 e. The van der Waals surface area contributed by atoms with Crippen LogP contribution in [0.15, 0.2) is 48.5 Å². The van der Waals surface area contributed by atoms with E-state index in [9.17, 15) is 9.59 Å². The molecule has 0 aliphatic carbocycles. The van der Waals surface area contributed by atoms with Gasteiger partial charge in [-0.3, -0.25) is 14.5 Å². The number of thioether (sulfide) groups is 1. The number of nitrogens with zero attached hydrogens (tertiary/aromatic N) is 1. The van der Waals surface area contributed by atoms with Gasteiger partial charge in [-0.15, -0.1) is 11.8 Å². The summed E-state index contributed by atoms with van der Waals surface area (Å²) in [5.41, 5.74) is 3.52. The number of nitrogens with one attached hydrogen (secondary N) is 1. The highest BCUT2D eigenvalue weighted by atomic mass is 32.2. The first-order valence-electron chi connectivity index (χ1n) is 9.74. The van der Waals surface area contributed by atoms with E-state index >= 15 is 0 Å². The number of carbonyl (C=O) groups is 2. The van der Waals surface area contributed by atoms with Crippen LogP contribution in [-0.2, 0) is 16.0 Å². The van der Waals surface area contributed by atoms with Crippen molar-refractivity contribution in [2.24, 2.45) is 5.41 Å². The predicted octanol–water partition coefficient (Wildman–Crippen LogP) is 5.40. The van der Waals surface area contributed by atoms with Crippen molar-refractivity contribution >= 4 is 35.0 Å². The van der Waals surface area contributed by atoms with E-state index in [0.29, 0.717) is 5.75 Å². The molecular weight excluding hydrogens is 368 g/mol. The number of rotatable bonds is 5. The summed E-state index contributed by atoms with van der Waals surface area (Å²) in [6, 6.07) is 16.0. The van der Waals surface area contributed by atoms with Crippen LogP contribution in [0.25, 0.3) is 0 Å². The summed E-state index contributed by atoms with van der Waals surface area (Å²) in [6.07, 6.45) is 1.98. The minimum atomic E-state index is -0.459. The van der Waals surface area contributed by atoms with Crippen molar-refractivity contribution in [2.75, 3.05) is 16.0 Å². The van der Waals surface area contributed by atoms with Crippen LogP contribution in [0.4, 0.5) is 11.4 Å². The number of anilines is 2. The molecule has 3 rings (SSSR count). The lowest BCUT2D eigenvalue weighted by Crippen LogP contribution is -2.29. The number of para-hydroxylation sites is 1. The van der Waals surface area contributed by atoms with Crippen molar-refractivity contribution in [1.82, 2.24) is 0 Å². The third-order valence-corrected chi connectivity index (χ3v) is 5.96. The monoisotopic (exact) mass is 396 g/mol. The van der Waals surface area contributed by atoms with Crippen molar-refractivity contribution in [1.29, 1.82) is 0 Å². The van der Waals surface area contributed by atoms with E-state index in [-0.39, 0.29) is 17.2 Å². The Hall–Kier alpha value is -2.27. The number of aryl methyl sites for hydroxylation is 1. The van der Waals surface area contributed by atoms with E-state index in [4.69, 9.17) is 0 Å². The van der Waals surface area contributed by atoms with E-state index < -0.39 is 5.41 Å². The van der Waals surface area contributed by atoms with Crippen LogP contribution in [0.2, 0.25) is 0 Å². The maximum absolute atomic E-state index is 12.7. The lowest BCUT2D eigenvalue weighted by atomic mass is 9.95. The standard InChI is InChI=1S/C23H28N2O2S/c1-5-9-16-10-6-7-13-19(16)25-20(26)15-28-21(25)17-11-8-12-18(14-17)24-22(27)23(2,3)4/h6-8,10-14,21H,5,9,15H2,1-4H3,(H,24,27)/t21-/m0/s1. The molecular formula is C23H28N2O2S. The second-order valence-electron chi connectivity index (χ2n) is 8.14. The van der Waals surface area contributed by atoms with Gasteiger partial charge in [-0.1, -0.05) is 64.4 Å². The highest BCUT2D eigenvalue weighted by molar-refractivity contribution is 8.00. The highest BCUT2D eigenvalue weighted by Gasteiger charge is 2.35. The van der Waals surface area contributed by atoms with Gasteiger partial charge in [0.2, 0.25) is 11.8 Å². The van der Waals surface area contributed by atoms with Gasteiger partial charge >= 0.3 is 0 Å². The van der Waals surface area contributed by atoms with Crippen molar-refractivity contribution in [3.8, 4) is 0 Å². The molecule has 1 saturated heterocycles. The fourth-order valence-corrected chi connectivity index (χ4v) is 4.41. The Labute approximate surface area is 171 Å². The van der Waals surface area contributed by atoms with Gasteiger partial charge in [0, 0.05) is 16.8 Å². The Kier molecular flexibility index (Phi) is 6.14. The quantitative estimate of drug-likeness (QED) is 0.736. The van der Waals surface area contributed by atoms with Crippen molar-refractivity contribution in [2.45, 2.75) is 45.9 Å². The first kappa shape index (κ1) is 20.5. The molecule has 1 aliphatic heterocycles. The number of hydrogen-bond donors (Lipinski definition) is 1. The molecule has 2 amide bonds. The molecule has 1 heterocycles. The molecule has 1 N–H and O–H groups in total.